The summed E-state index contributed by atoms with van der Waals surface area (Å²) in [7, 11) is 1.37. The number of carbonyl (C=O) groups excluding carboxylic acids is 3. The van der Waals surface area contributed by atoms with Crippen molar-refractivity contribution in [3.63, 3.8) is 0 Å². The van der Waals surface area contributed by atoms with Gasteiger partial charge in [-0.25, -0.2) is 0 Å². The number of aliphatic carboxylic acids is 1. The molecule has 21 heavy (non-hydrogen) atoms. The Kier molecular flexibility index (Phi) is 4.06. The highest BCUT2D eigenvalue weighted by Crippen LogP contribution is 2.12. The van der Waals surface area contributed by atoms with Crippen LogP contribution in [0.3, 0.4) is 0 Å². The highest BCUT2D eigenvalue weighted by atomic mass is 16.4. The smallest absolute Gasteiger partial charge is 0.323 e. The first kappa shape index (κ1) is 14.8. The number of nitrogens with one attached hydrogen (secondary N) is 1. The second-order valence-corrected chi connectivity index (χ2v) is 4.77. The van der Waals surface area contributed by atoms with Crippen molar-refractivity contribution in [2.24, 2.45) is 0 Å². The monoisotopic (exact) mass is 293 g/mol. The topological polar surface area (TPSA) is 109 Å². The van der Waals surface area contributed by atoms with Gasteiger partial charge in [0.15, 0.2) is 0 Å². The number of aromatic nitrogens is 1. The van der Waals surface area contributed by atoms with Crippen molar-refractivity contribution < 1.29 is 24.3 Å². The first-order valence-electron chi connectivity index (χ1n) is 6.38. The molecule has 2 rings (SSSR count). The van der Waals surface area contributed by atoms with Crippen LogP contribution in [0.4, 0.5) is 0 Å². The highest BCUT2D eigenvalue weighted by molar-refractivity contribution is 6.03. The van der Waals surface area contributed by atoms with E-state index in [0.717, 1.165) is 4.90 Å². The van der Waals surface area contributed by atoms with Crippen LogP contribution in [0.15, 0.2) is 18.3 Å². The summed E-state index contributed by atoms with van der Waals surface area (Å²) in [6.45, 7) is -0.341. The minimum atomic E-state index is -1.07. The van der Waals surface area contributed by atoms with E-state index in [-0.39, 0.29) is 31.0 Å². The fourth-order valence-electron chi connectivity index (χ4n) is 2.19. The maximum atomic E-state index is 12.1. The van der Waals surface area contributed by atoms with E-state index >= 15 is 0 Å². The SMILES string of the molecule is CN1C(=O)CCC(NC(=O)c2cccn2CC(=O)O)C1=O. The molecule has 2 N–H and O–H groups in total. The zero-order chi connectivity index (χ0) is 15.6. The highest BCUT2D eigenvalue weighted by Gasteiger charge is 2.33. The van der Waals surface area contributed by atoms with Crippen LogP contribution in [0.1, 0.15) is 23.3 Å². The van der Waals surface area contributed by atoms with Crippen LogP contribution < -0.4 is 5.32 Å². The first-order chi connectivity index (χ1) is 9.90. The van der Waals surface area contributed by atoms with Gasteiger partial charge in [-0.2, -0.15) is 0 Å². The van der Waals surface area contributed by atoms with Crippen LogP contribution in [0.25, 0.3) is 0 Å². The standard InChI is InChI=1S/C13H15N3O5/c1-15-10(17)5-4-8(13(15)21)14-12(20)9-3-2-6-16(9)7-11(18)19/h2-3,6,8H,4-5,7H2,1H3,(H,14,20)(H,18,19). The van der Waals surface area contributed by atoms with Gasteiger partial charge in [0.25, 0.3) is 11.8 Å². The molecule has 0 aromatic carbocycles. The summed E-state index contributed by atoms with van der Waals surface area (Å²) >= 11 is 0. The summed E-state index contributed by atoms with van der Waals surface area (Å²) in [6.07, 6.45) is 1.90. The van der Waals surface area contributed by atoms with Crippen molar-refractivity contribution in [1.29, 1.82) is 0 Å². The molecule has 0 saturated carbocycles. The molecule has 112 valence electrons. The molecule has 0 bridgehead atoms. The van der Waals surface area contributed by atoms with E-state index in [4.69, 9.17) is 5.11 Å². The van der Waals surface area contributed by atoms with Gasteiger partial charge in [-0.15, -0.1) is 0 Å². The van der Waals surface area contributed by atoms with Gasteiger partial charge in [0, 0.05) is 19.7 Å². The van der Waals surface area contributed by atoms with Crippen molar-refractivity contribution >= 4 is 23.7 Å². The zero-order valence-corrected chi connectivity index (χ0v) is 11.4. The predicted octanol–water partition coefficient (Wildman–Crippen LogP) is -0.550. The summed E-state index contributed by atoms with van der Waals surface area (Å²) in [5.41, 5.74) is 0.157. The van der Waals surface area contributed by atoms with E-state index in [1.54, 1.807) is 6.07 Å². The van der Waals surface area contributed by atoms with Crippen LogP contribution in [0.5, 0.6) is 0 Å². The van der Waals surface area contributed by atoms with Crippen LogP contribution >= 0.6 is 0 Å². The van der Waals surface area contributed by atoms with Crippen molar-refractivity contribution in [1.82, 2.24) is 14.8 Å². The third-order valence-electron chi connectivity index (χ3n) is 3.32. The number of hydrogen-bond acceptors (Lipinski definition) is 4. The number of piperidine rings is 1. The van der Waals surface area contributed by atoms with Gasteiger partial charge in [0.05, 0.1) is 0 Å². The molecule has 0 spiro atoms. The molecule has 2 heterocycles. The summed E-state index contributed by atoms with van der Waals surface area (Å²) in [4.78, 5) is 47.1. The maximum absolute atomic E-state index is 12.1. The second kappa shape index (κ2) is 5.78. The molecule has 1 atom stereocenters. The lowest BCUT2D eigenvalue weighted by Gasteiger charge is -2.28. The number of likely N-dealkylation sites (N-methyl/N-ethyl adjacent to an activating group) is 1. The van der Waals surface area contributed by atoms with Gasteiger partial charge >= 0.3 is 5.97 Å². The molecule has 1 aromatic heterocycles. The summed E-state index contributed by atoms with van der Waals surface area (Å²) in [5.74, 6) is -2.35. The van der Waals surface area contributed by atoms with E-state index in [1.165, 1.54) is 23.9 Å². The molecule has 1 aromatic rings. The number of amides is 3. The van der Waals surface area contributed by atoms with Crippen LogP contribution in [-0.4, -0.2) is 51.4 Å². The molecule has 0 radical (unpaired) electrons. The van der Waals surface area contributed by atoms with Gasteiger partial charge in [0.2, 0.25) is 5.91 Å². The number of hydrogen-bond donors (Lipinski definition) is 2. The quantitative estimate of drug-likeness (QED) is 0.724. The van der Waals surface area contributed by atoms with E-state index in [0.29, 0.717) is 0 Å². The Hall–Kier alpha value is -2.64. The third-order valence-corrected chi connectivity index (χ3v) is 3.32. The Morgan fingerprint density at radius 3 is 2.81 bits per heavy atom. The molecular formula is C13H15N3O5. The van der Waals surface area contributed by atoms with Crippen molar-refractivity contribution in [2.75, 3.05) is 7.05 Å². The fourth-order valence-corrected chi connectivity index (χ4v) is 2.19. The van der Waals surface area contributed by atoms with Crippen molar-refractivity contribution in [3.8, 4) is 0 Å². The second-order valence-electron chi connectivity index (χ2n) is 4.77. The number of carbonyl (C=O) groups is 4. The van der Waals surface area contributed by atoms with Gasteiger partial charge < -0.3 is 15.0 Å². The largest absolute Gasteiger partial charge is 0.480 e. The van der Waals surface area contributed by atoms with Crippen LogP contribution in [0.2, 0.25) is 0 Å². The minimum Gasteiger partial charge on any atom is -0.480 e. The van der Waals surface area contributed by atoms with Crippen LogP contribution in [-0.2, 0) is 20.9 Å². The maximum Gasteiger partial charge on any atom is 0.323 e. The number of carboxylic acids is 1. The average Bonchev–Trinajstić information content (AvgIpc) is 2.86. The molecule has 8 heteroatoms. The molecule has 3 amide bonds. The van der Waals surface area contributed by atoms with Crippen molar-refractivity contribution in [2.45, 2.75) is 25.4 Å². The lowest BCUT2D eigenvalue weighted by Crippen LogP contribution is -2.53. The van der Waals surface area contributed by atoms with E-state index in [9.17, 15) is 19.2 Å². The van der Waals surface area contributed by atoms with Gasteiger partial charge in [-0.1, -0.05) is 0 Å². The van der Waals surface area contributed by atoms with E-state index in [1.807, 2.05) is 0 Å². The van der Waals surface area contributed by atoms with E-state index < -0.39 is 23.8 Å². The Morgan fingerprint density at radius 2 is 2.14 bits per heavy atom. The Balaban J connectivity index is 2.08. The number of imide groups is 1. The molecule has 0 aliphatic carbocycles. The van der Waals surface area contributed by atoms with E-state index in [2.05, 4.69) is 5.32 Å². The first-order valence-corrected chi connectivity index (χ1v) is 6.38. The molecular weight excluding hydrogens is 278 g/mol. The molecule has 1 aliphatic heterocycles. The Morgan fingerprint density at radius 1 is 1.43 bits per heavy atom. The van der Waals surface area contributed by atoms with Gasteiger partial charge in [0.1, 0.15) is 18.3 Å². The molecule has 1 saturated heterocycles. The molecule has 1 unspecified atom stereocenters. The predicted molar refractivity (Wildman–Crippen MR) is 70.3 cm³/mol. The molecule has 8 nitrogen and oxygen atoms in total. The number of nitrogens with zero attached hydrogens (tertiary/aromatic N) is 2. The summed E-state index contributed by atoms with van der Waals surface area (Å²) < 4.78 is 1.28. The third kappa shape index (κ3) is 3.10. The average molecular weight is 293 g/mol. The lowest BCUT2D eigenvalue weighted by atomic mass is 10.0. The Labute approximate surface area is 120 Å². The molecule has 1 aliphatic rings. The minimum absolute atomic E-state index is 0.157. The number of carboxylic acid groups (broad SMARTS) is 1. The normalized spacial score (nSPS) is 18.7. The van der Waals surface area contributed by atoms with Gasteiger partial charge in [-0.05, 0) is 18.6 Å². The number of likely N-dealkylation sites (tertiary alicyclic amines) is 1. The summed E-state index contributed by atoms with van der Waals surface area (Å²) in [6, 6.07) is 2.25. The lowest BCUT2D eigenvalue weighted by molar-refractivity contribution is -0.148. The van der Waals surface area contributed by atoms with Crippen LogP contribution in [0, 0.1) is 0 Å². The molecule has 1 fully saturated rings. The summed E-state index contributed by atoms with van der Waals surface area (Å²) in [5, 5.41) is 11.3. The van der Waals surface area contributed by atoms with Crippen molar-refractivity contribution in [3.05, 3.63) is 24.0 Å². The fraction of sp³-hybridized carbons (Fsp3) is 0.385. The zero-order valence-electron chi connectivity index (χ0n) is 11.4. The Bertz CT molecular complexity index is 607. The van der Waals surface area contributed by atoms with Gasteiger partial charge in [-0.3, -0.25) is 24.1 Å². The number of rotatable bonds is 4.